The Bertz CT molecular complexity index is 1480. The number of nitrogens with zero attached hydrogens (tertiary/aromatic N) is 4. The maximum absolute atomic E-state index is 13.5. The second-order valence-electron chi connectivity index (χ2n) is 13.4. The molecule has 2 N–H and O–H groups in total. The number of aromatic nitrogens is 3. The molecule has 238 valence electrons. The molecule has 1 heterocycles. The Morgan fingerprint density at radius 3 is 2.16 bits per heavy atom. The van der Waals surface area contributed by atoms with Gasteiger partial charge in [0.2, 0.25) is 17.7 Å². The summed E-state index contributed by atoms with van der Waals surface area (Å²) in [5, 5.41) is 14.6. The molecule has 0 aliphatic heterocycles. The summed E-state index contributed by atoms with van der Waals surface area (Å²) in [5.41, 5.74) is 3.20. The number of anilines is 1. The molecule has 10 nitrogen and oxygen atoms in total. The summed E-state index contributed by atoms with van der Waals surface area (Å²) in [4.78, 5) is 39.8. The van der Waals surface area contributed by atoms with Crippen molar-refractivity contribution in [2.24, 2.45) is 5.41 Å². The van der Waals surface area contributed by atoms with Gasteiger partial charge in [-0.15, -0.1) is 5.10 Å². The number of ether oxygens (including phenoxy) is 1. The van der Waals surface area contributed by atoms with Crippen LogP contribution in [0.25, 0.3) is 22.5 Å². The van der Waals surface area contributed by atoms with Gasteiger partial charge in [-0.05, 0) is 73.4 Å². The molecule has 3 aromatic rings. The monoisotopic (exact) mass is 604 g/mol. The van der Waals surface area contributed by atoms with Gasteiger partial charge in [0.05, 0.1) is 41.1 Å². The SMILES string of the molecule is CNC(=O)CCC(C)(C)OCC(C)(C)C(=O)NCC(=O)N(C)c1ccccc1-c1c(-c2ccccc2C)nnn1C(C)(C)C. The van der Waals surface area contributed by atoms with Gasteiger partial charge in [-0.2, -0.15) is 0 Å². The lowest BCUT2D eigenvalue weighted by Gasteiger charge is -2.31. The van der Waals surface area contributed by atoms with E-state index in [9.17, 15) is 14.4 Å². The summed E-state index contributed by atoms with van der Waals surface area (Å²) in [7, 11) is 3.30. The number of hydrogen-bond donors (Lipinski definition) is 2. The quantitative estimate of drug-likeness (QED) is 0.297. The first-order valence-corrected chi connectivity index (χ1v) is 15.0. The Kier molecular flexibility index (Phi) is 10.7. The standard InChI is InChI=1S/C34H48N6O4/c1-23-15-11-12-16-24(23)29-30(40(38-37-29)32(2,3)4)25-17-13-14-18-26(25)39(10)28(42)21-36-31(43)33(5,6)22-44-34(7,8)20-19-27(41)35-9/h11-18H,19-22H2,1-10H3,(H,35,41)(H,36,43). The van der Waals surface area contributed by atoms with E-state index in [1.165, 1.54) is 0 Å². The summed E-state index contributed by atoms with van der Waals surface area (Å²) < 4.78 is 7.93. The Morgan fingerprint density at radius 1 is 0.932 bits per heavy atom. The van der Waals surface area contributed by atoms with Gasteiger partial charge in [0.1, 0.15) is 5.69 Å². The van der Waals surface area contributed by atoms with Crippen LogP contribution in [0.3, 0.4) is 0 Å². The van der Waals surface area contributed by atoms with Gasteiger partial charge in [-0.25, -0.2) is 4.68 Å². The number of carbonyl (C=O) groups excluding carboxylic acids is 3. The number of likely N-dealkylation sites (N-methyl/N-ethyl adjacent to an activating group) is 1. The number of carbonyl (C=O) groups is 3. The van der Waals surface area contributed by atoms with Crippen LogP contribution in [0.1, 0.15) is 66.9 Å². The lowest BCUT2D eigenvalue weighted by Crippen LogP contribution is -2.46. The number of rotatable bonds is 12. The van der Waals surface area contributed by atoms with Crippen LogP contribution in [-0.4, -0.2) is 65.6 Å². The van der Waals surface area contributed by atoms with Crippen molar-refractivity contribution in [2.75, 3.05) is 32.1 Å². The average Bonchev–Trinajstić information content (AvgIpc) is 3.43. The molecular formula is C34H48N6O4. The fraction of sp³-hybridized carbons (Fsp3) is 0.500. The molecule has 0 fully saturated rings. The van der Waals surface area contributed by atoms with Crippen LogP contribution < -0.4 is 15.5 Å². The molecule has 0 saturated heterocycles. The topological polar surface area (TPSA) is 118 Å². The van der Waals surface area contributed by atoms with Gasteiger partial charge in [0.25, 0.3) is 0 Å². The summed E-state index contributed by atoms with van der Waals surface area (Å²) in [6.45, 7) is 15.5. The Balaban J connectivity index is 1.80. The third-order valence-corrected chi connectivity index (χ3v) is 7.67. The van der Waals surface area contributed by atoms with Crippen molar-refractivity contribution in [3.8, 4) is 22.5 Å². The average molecular weight is 605 g/mol. The first kappa shape index (κ1) is 34.4. The molecule has 0 aliphatic carbocycles. The normalized spacial score (nSPS) is 12.1. The molecule has 0 saturated carbocycles. The van der Waals surface area contributed by atoms with Crippen molar-refractivity contribution in [3.05, 3.63) is 54.1 Å². The molecule has 44 heavy (non-hydrogen) atoms. The van der Waals surface area contributed by atoms with E-state index in [0.717, 1.165) is 28.1 Å². The fourth-order valence-corrected chi connectivity index (χ4v) is 4.68. The fourth-order valence-electron chi connectivity index (χ4n) is 4.68. The summed E-state index contributed by atoms with van der Waals surface area (Å²) >= 11 is 0. The van der Waals surface area contributed by atoms with Crippen LogP contribution in [0.15, 0.2) is 48.5 Å². The van der Waals surface area contributed by atoms with E-state index in [1.54, 1.807) is 32.8 Å². The highest BCUT2D eigenvalue weighted by Gasteiger charge is 2.33. The third-order valence-electron chi connectivity index (χ3n) is 7.67. The van der Waals surface area contributed by atoms with Crippen molar-refractivity contribution >= 4 is 23.4 Å². The van der Waals surface area contributed by atoms with Crippen molar-refractivity contribution in [1.82, 2.24) is 25.6 Å². The third kappa shape index (κ3) is 8.31. The predicted octanol–water partition coefficient (Wildman–Crippen LogP) is 5.10. The highest BCUT2D eigenvalue weighted by atomic mass is 16.5. The minimum atomic E-state index is -0.894. The molecule has 0 aliphatic rings. The van der Waals surface area contributed by atoms with Crippen LogP contribution in [0.4, 0.5) is 5.69 Å². The minimum Gasteiger partial charge on any atom is -0.374 e. The molecule has 3 amide bonds. The van der Waals surface area contributed by atoms with Gasteiger partial charge in [-0.3, -0.25) is 14.4 Å². The molecule has 0 spiro atoms. The summed E-state index contributed by atoms with van der Waals surface area (Å²) in [6, 6.07) is 15.7. The Labute approximate surface area is 261 Å². The number of amides is 3. The van der Waals surface area contributed by atoms with Crippen molar-refractivity contribution in [1.29, 1.82) is 0 Å². The Hall–Kier alpha value is -4.05. The van der Waals surface area contributed by atoms with Crippen LogP contribution in [0.5, 0.6) is 0 Å². The summed E-state index contributed by atoms with van der Waals surface area (Å²) in [6.07, 6.45) is 0.847. The van der Waals surface area contributed by atoms with E-state index >= 15 is 0 Å². The molecule has 3 rings (SSSR count). The van der Waals surface area contributed by atoms with E-state index in [-0.39, 0.29) is 36.4 Å². The van der Waals surface area contributed by atoms with Crippen LogP contribution in [0.2, 0.25) is 0 Å². The highest BCUT2D eigenvalue weighted by Crippen LogP contribution is 2.39. The largest absolute Gasteiger partial charge is 0.374 e. The van der Waals surface area contributed by atoms with Crippen LogP contribution in [-0.2, 0) is 24.7 Å². The van der Waals surface area contributed by atoms with E-state index in [2.05, 4.69) is 41.7 Å². The predicted molar refractivity (Wildman–Crippen MR) is 174 cm³/mol. The zero-order valence-electron chi connectivity index (χ0n) is 27.9. The van der Waals surface area contributed by atoms with E-state index in [1.807, 2.05) is 74.0 Å². The maximum Gasteiger partial charge on any atom is 0.246 e. The number of nitrogens with one attached hydrogen (secondary N) is 2. The maximum atomic E-state index is 13.5. The van der Waals surface area contributed by atoms with Gasteiger partial charge in [-0.1, -0.05) is 47.7 Å². The first-order chi connectivity index (χ1) is 20.5. The zero-order chi connectivity index (χ0) is 32.9. The van der Waals surface area contributed by atoms with E-state index in [4.69, 9.17) is 4.74 Å². The number of hydrogen-bond acceptors (Lipinski definition) is 6. The van der Waals surface area contributed by atoms with Crippen LogP contribution in [0, 0.1) is 12.3 Å². The molecule has 1 aromatic heterocycles. The second kappa shape index (κ2) is 13.7. The highest BCUT2D eigenvalue weighted by molar-refractivity contribution is 6.01. The molecule has 10 heteroatoms. The molecule has 0 radical (unpaired) electrons. The molecule has 2 aromatic carbocycles. The van der Waals surface area contributed by atoms with E-state index < -0.39 is 11.0 Å². The van der Waals surface area contributed by atoms with Crippen molar-refractivity contribution in [2.45, 2.75) is 79.4 Å². The number of aryl methyl sites for hydroxylation is 1. The number of benzene rings is 2. The summed E-state index contributed by atoms with van der Waals surface area (Å²) in [5.74, 6) is -0.638. The molecule has 0 atom stereocenters. The lowest BCUT2D eigenvalue weighted by atomic mass is 9.92. The smallest absolute Gasteiger partial charge is 0.246 e. The Morgan fingerprint density at radius 2 is 1.55 bits per heavy atom. The minimum absolute atomic E-state index is 0.0617. The van der Waals surface area contributed by atoms with Gasteiger partial charge in [0.15, 0.2) is 0 Å². The first-order valence-electron chi connectivity index (χ1n) is 15.0. The van der Waals surface area contributed by atoms with Crippen molar-refractivity contribution in [3.63, 3.8) is 0 Å². The van der Waals surface area contributed by atoms with E-state index in [0.29, 0.717) is 18.5 Å². The lowest BCUT2D eigenvalue weighted by molar-refractivity contribution is -0.139. The van der Waals surface area contributed by atoms with Gasteiger partial charge in [0, 0.05) is 31.6 Å². The van der Waals surface area contributed by atoms with Gasteiger partial charge >= 0.3 is 0 Å². The zero-order valence-corrected chi connectivity index (χ0v) is 27.9. The van der Waals surface area contributed by atoms with Crippen LogP contribution >= 0.6 is 0 Å². The molecular weight excluding hydrogens is 556 g/mol. The molecule has 0 unspecified atom stereocenters. The second-order valence-corrected chi connectivity index (χ2v) is 13.4. The van der Waals surface area contributed by atoms with Gasteiger partial charge < -0.3 is 20.3 Å². The molecule has 0 bridgehead atoms. The number of para-hydroxylation sites is 1. The van der Waals surface area contributed by atoms with Crippen molar-refractivity contribution < 1.29 is 19.1 Å².